The summed E-state index contributed by atoms with van der Waals surface area (Å²) in [6, 6.07) is 7.04. The van der Waals surface area contributed by atoms with Crippen LogP contribution < -0.4 is 16.0 Å². The van der Waals surface area contributed by atoms with Crippen molar-refractivity contribution < 1.29 is 9.59 Å². The molecule has 0 atom stereocenters. The largest absolute Gasteiger partial charge is 0.351 e. The maximum absolute atomic E-state index is 11.7. The van der Waals surface area contributed by atoms with Crippen LogP contribution in [0.15, 0.2) is 24.3 Å². The minimum absolute atomic E-state index is 0.0403. The quantitative estimate of drug-likeness (QED) is 0.705. The average Bonchev–Trinajstić information content (AvgIpc) is 2.35. The molecule has 5 nitrogen and oxygen atoms in total. The predicted molar refractivity (Wildman–Crippen MR) is 85.5 cm³/mol. The number of nitrogens with one attached hydrogen (secondary N) is 3. The third-order valence-corrected chi connectivity index (χ3v) is 2.81. The van der Waals surface area contributed by atoms with Crippen molar-refractivity contribution >= 4 is 29.1 Å². The lowest BCUT2D eigenvalue weighted by molar-refractivity contribution is -0.122. The topological polar surface area (TPSA) is 70.2 Å². The van der Waals surface area contributed by atoms with Gasteiger partial charge in [0.25, 0.3) is 0 Å². The third kappa shape index (κ3) is 7.68. The SMILES string of the molecule is CC(C)(C)NC(=O)CCNCC(=O)Nc1ccccc1Cl. The van der Waals surface area contributed by atoms with Crippen LogP contribution in [0, 0.1) is 0 Å². The van der Waals surface area contributed by atoms with Crippen LogP contribution in [0.5, 0.6) is 0 Å². The highest BCUT2D eigenvalue weighted by Crippen LogP contribution is 2.19. The van der Waals surface area contributed by atoms with Crippen LogP contribution in [0.2, 0.25) is 5.02 Å². The molecule has 0 aromatic heterocycles. The fraction of sp³-hybridized carbons (Fsp3) is 0.467. The van der Waals surface area contributed by atoms with Crippen LogP contribution >= 0.6 is 11.6 Å². The summed E-state index contributed by atoms with van der Waals surface area (Å²) in [7, 11) is 0. The van der Waals surface area contributed by atoms with Crippen molar-refractivity contribution in [1.29, 1.82) is 0 Å². The third-order valence-electron chi connectivity index (χ3n) is 2.48. The van der Waals surface area contributed by atoms with Gasteiger partial charge < -0.3 is 16.0 Å². The van der Waals surface area contributed by atoms with Crippen molar-refractivity contribution in [1.82, 2.24) is 10.6 Å². The van der Waals surface area contributed by atoms with Crippen molar-refractivity contribution in [3.05, 3.63) is 29.3 Å². The van der Waals surface area contributed by atoms with Gasteiger partial charge >= 0.3 is 0 Å². The summed E-state index contributed by atoms with van der Waals surface area (Å²) in [6.45, 7) is 6.35. The molecular weight excluding hydrogens is 290 g/mol. The molecule has 0 unspecified atom stereocenters. The lowest BCUT2D eigenvalue weighted by Gasteiger charge is -2.20. The normalized spacial score (nSPS) is 11.0. The molecule has 21 heavy (non-hydrogen) atoms. The summed E-state index contributed by atoms with van der Waals surface area (Å²) in [5.41, 5.74) is 0.342. The van der Waals surface area contributed by atoms with E-state index in [1.54, 1.807) is 24.3 Å². The molecule has 1 aromatic rings. The molecule has 0 fully saturated rings. The monoisotopic (exact) mass is 311 g/mol. The minimum atomic E-state index is -0.238. The van der Waals surface area contributed by atoms with Crippen molar-refractivity contribution in [3.63, 3.8) is 0 Å². The summed E-state index contributed by atoms with van der Waals surface area (Å²) >= 11 is 5.94. The van der Waals surface area contributed by atoms with Crippen LogP contribution in [-0.4, -0.2) is 30.4 Å². The van der Waals surface area contributed by atoms with Crippen molar-refractivity contribution in [2.24, 2.45) is 0 Å². The first kappa shape index (κ1) is 17.5. The fourth-order valence-electron chi connectivity index (χ4n) is 1.64. The van der Waals surface area contributed by atoms with E-state index in [1.807, 2.05) is 20.8 Å². The van der Waals surface area contributed by atoms with Gasteiger partial charge in [-0.15, -0.1) is 0 Å². The Morgan fingerprint density at radius 1 is 1.14 bits per heavy atom. The summed E-state index contributed by atoms with van der Waals surface area (Å²) in [4.78, 5) is 23.3. The number of para-hydroxylation sites is 1. The van der Waals surface area contributed by atoms with Crippen LogP contribution in [0.4, 0.5) is 5.69 Å². The zero-order chi connectivity index (χ0) is 15.9. The van der Waals surface area contributed by atoms with Crippen LogP contribution in [0.25, 0.3) is 0 Å². The minimum Gasteiger partial charge on any atom is -0.351 e. The molecular formula is C15H22ClN3O2. The van der Waals surface area contributed by atoms with Gasteiger partial charge in [-0.05, 0) is 32.9 Å². The zero-order valence-corrected chi connectivity index (χ0v) is 13.4. The Hall–Kier alpha value is -1.59. The Bertz CT molecular complexity index is 498. The number of benzene rings is 1. The maximum atomic E-state index is 11.7. The van der Waals surface area contributed by atoms with E-state index in [0.29, 0.717) is 23.7 Å². The standard InChI is InChI=1S/C15H22ClN3O2/c1-15(2,3)19-13(20)8-9-17-10-14(21)18-12-7-5-4-6-11(12)16/h4-7,17H,8-10H2,1-3H3,(H,18,21)(H,19,20). The number of hydrogen-bond donors (Lipinski definition) is 3. The second-order valence-electron chi connectivity index (χ2n) is 5.75. The Morgan fingerprint density at radius 3 is 2.43 bits per heavy atom. The molecule has 3 N–H and O–H groups in total. The van der Waals surface area contributed by atoms with E-state index in [0.717, 1.165) is 0 Å². The number of rotatable bonds is 6. The maximum Gasteiger partial charge on any atom is 0.238 e. The van der Waals surface area contributed by atoms with Crippen LogP contribution in [-0.2, 0) is 9.59 Å². The molecule has 2 amide bonds. The van der Waals surface area contributed by atoms with Crippen molar-refractivity contribution in [2.45, 2.75) is 32.7 Å². The number of hydrogen-bond acceptors (Lipinski definition) is 3. The van der Waals surface area contributed by atoms with E-state index < -0.39 is 0 Å². The van der Waals surface area contributed by atoms with E-state index in [9.17, 15) is 9.59 Å². The summed E-state index contributed by atoms with van der Waals surface area (Å²) < 4.78 is 0. The number of anilines is 1. The highest BCUT2D eigenvalue weighted by molar-refractivity contribution is 6.33. The van der Waals surface area contributed by atoms with Crippen LogP contribution in [0.1, 0.15) is 27.2 Å². The lowest BCUT2D eigenvalue weighted by Crippen LogP contribution is -2.42. The molecule has 0 radical (unpaired) electrons. The van der Waals surface area contributed by atoms with Gasteiger partial charge in [-0.3, -0.25) is 9.59 Å². The van der Waals surface area contributed by atoms with E-state index in [4.69, 9.17) is 11.6 Å². The Morgan fingerprint density at radius 2 is 1.81 bits per heavy atom. The molecule has 0 aliphatic carbocycles. The Labute approximate surface area is 130 Å². The number of carbonyl (C=O) groups is 2. The molecule has 116 valence electrons. The molecule has 6 heteroatoms. The van der Waals surface area contributed by atoms with Gasteiger partial charge in [-0.2, -0.15) is 0 Å². The van der Waals surface area contributed by atoms with Gasteiger partial charge in [0.15, 0.2) is 0 Å². The van der Waals surface area contributed by atoms with Gasteiger partial charge in [-0.25, -0.2) is 0 Å². The predicted octanol–water partition coefficient (Wildman–Crippen LogP) is 2.17. The van der Waals surface area contributed by atoms with Gasteiger partial charge in [-0.1, -0.05) is 23.7 Å². The van der Waals surface area contributed by atoms with E-state index in [1.165, 1.54) is 0 Å². The van der Waals surface area contributed by atoms with Gasteiger partial charge in [0.05, 0.1) is 17.3 Å². The second-order valence-corrected chi connectivity index (χ2v) is 6.16. The first-order valence-electron chi connectivity index (χ1n) is 6.84. The molecule has 0 aliphatic heterocycles. The first-order chi connectivity index (χ1) is 9.78. The Kier molecular flexibility index (Phi) is 6.65. The summed E-state index contributed by atoms with van der Waals surface area (Å²) in [6.07, 6.45) is 0.330. The summed E-state index contributed by atoms with van der Waals surface area (Å²) in [5, 5.41) is 8.98. The van der Waals surface area contributed by atoms with Crippen molar-refractivity contribution in [3.8, 4) is 0 Å². The molecule has 0 saturated carbocycles. The molecule has 0 bridgehead atoms. The van der Waals surface area contributed by atoms with Gasteiger partial charge in [0.2, 0.25) is 11.8 Å². The molecule has 0 aliphatic rings. The highest BCUT2D eigenvalue weighted by atomic mass is 35.5. The fourth-order valence-corrected chi connectivity index (χ4v) is 1.82. The van der Waals surface area contributed by atoms with Gasteiger partial charge in [0, 0.05) is 18.5 Å². The van der Waals surface area contributed by atoms with Gasteiger partial charge in [0.1, 0.15) is 0 Å². The Balaban J connectivity index is 2.23. The number of carbonyl (C=O) groups excluding carboxylic acids is 2. The number of amides is 2. The van der Waals surface area contributed by atoms with Crippen LogP contribution in [0.3, 0.4) is 0 Å². The number of halogens is 1. The zero-order valence-electron chi connectivity index (χ0n) is 12.6. The van der Waals surface area contributed by atoms with Crippen molar-refractivity contribution in [2.75, 3.05) is 18.4 Å². The molecule has 0 saturated heterocycles. The van der Waals surface area contributed by atoms with E-state index >= 15 is 0 Å². The van der Waals surface area contributed by atoms with E-state index in [-0.39, 0.29) is 23.9 Å². The average molecular weight is 312 g/mol. The summed E-state index contributed by atoms with van der Waals surface area (Å²) in [5.74, 6) is -0.235. The molecule has 0 heterocycles. The van der Waals surface area contributed by atoms with E-state index in [2.05, 4.69) is 16.0 Å². The highest BCUT2D eigenvalue weighted by Gasteiger charge is 2.13. The molecule has 0 spiro atoms. The molecule has 1 aromatic carbocycles. The lowest BCUT2D eigenvalue weighted by atomic mass is 10.1. The second kappa shape index (κ2) is 8.00. The molecule has 1 rings (SSSR count). The first-order valence-corrected chi connectivity index (χ1v) is 7.22. The smallest absolute Gasteiger partial charge is 0.238 e.